The van der Waals surface area contributed by atoms with Crippen LogP contribution in [-0.2, 0) is 11.8 Å². The van der Waals surface area contributed by atoms with Crippen LogP contribution in [-0.4, -0.2) is 19.7 Å². The maximum atomic E-state index is 6.32. The number of hydrogen-bond acceptors (Lipinski definition) is 3. The summed E-state index contributed by atoms with van der Waals surface area (Å²) in [5.74, 6) is 1.40. The molecule has 0 saturated heterocycles. The van der Waals surface area contributed by atoms with Crippen molar-refractivity contribution >= 4 is 16.9 Å². The Kier molecular flexibility index (Phi) is 2.09. The van der Waals surface area contributed by atoms with Crippen molar-refractivity contribution in [1.29, 1.82) is 0 Å². The molecule has 0 spiro atoms. The predicted octanol–water partition coefficient (Wildman–Crippen LogP) is 2.55. The molecule has 0 aliphatic heterocycles. The minimum atomic E-state index is 0.101. The van der Waals surface area contributed by atoms with Gasteiger partial charge in [0.1, 0.15) is 5.82 Å². The van der Waals surface area contributed by atoms with Crippen molar-refractivity contribution < 1.29 is 0 Å². The summed E-state index contributed by atoms with van der Waals surface area (Å²) >= 11 is 0. The highest BCUT2D eigenvalue weighted by Gasteiger charge is 2.36. The number of benzene rings is 1. The Labute approximate surface area is 116 Å². The molecule has 5 nitrogen and oxygen atoms in total. The third kappa shape index (κ3) is 1.43. The SMILES string of the molecule is CC1(C)CCc2nn(-c3nc4ccccc4[nH]3)c(N)c21. The molecule has 1 aliphatic rings. The molecule has 0 atom stereocenters. The maximum absolute atomic E-state index is 6.32. The molecule has 0 fully saturated rings. The zero-order valence-electron chi connectivity index (χ0n) is 11.6. The van der Waals surface area contributed by atoms with Crippen molar-refractivity contribution in [2.24, 2.45) is 0 Å². The van der Waals surface area contributed by atoms with Crippen LogP contribution < -0.4 is 5.73 Å². The number of nitrogens with zero attached hydrogens (tertiary/aromatic N) is 3. The fourth-order valence-electron chi connectivity index (χ4n) is 3.15. The molecule has 0 radical (unpaired) electrons. The Hall–Kier alpha value is -2.30. The first-order valence-corrected chi connectivity index (χ1v) is 6.89. The van der Waals surface area contributed by atoms with Crippen molar-refractivity contribution in [3.05, 3.63) is 35.5 Å². The van der Waals surface area contributed by atoms with Gasteiger partial charge in [0, 0.05) is 5.56 Å². The molecule has 3 N–H and O–H groups in total. The highest BCUT2D eigenvalue weighted by Crippen LogP contribution is 2.41. The van der Waals surface area contributed by atoms with Crippen LogP contribution in [0.4, 0.5) is 5.82 Å². The molecule has 1 aliphatic carbocycles. The second kappa shape index (κ2) is 3.62. The van der Waals surface area contributed by atoms with Gasteiger partial charge in [0.05, 0.1) is 16.7 Å². The molecular formula is C15H17N5. The average Bonchev–Trinajstić information content (AvgIpc) is 3.04. The number of imidazole rings is 1. The Balaban J connectivity index is 1.92. The summed E-state index contributed by atoms with van der Waals surface area (Å²) in [6.07, 6.45) is 2.09. The van der Waals surface area contributed by atoms with Crippen molar-refractivity contribution in [2.45, 2.75) is 32.1 Å². The van der Waals surface area contributed by atoms with E-state index < -0.39 is 0 Å². The molecule has 0 amide bonds. The molecule has 2 heterocycles. The summed E-state index contributed by atoms with van der Waals surface area (Å²) in [6, 6.07) is 7.94. The van der Waals surface area contributed by atoms with E-state index >= 15 is 0 Å². The summed E-state index contributed by atoms with van der Waals surface area (Å²) in [6.45, 7) is 4.44. The summed E-state index contributed by atoms with van der Waals surface area (Å²) in [5.41, 5.74) is 10.6. The minimum Gasteiger partial charge on any atom is -0.383 e. The number of aryl methyl sites for hydroxylation is 1. The third-order valence-corrected chi connectivity index (χ3v) is 4.23. The van der Waals surface area contributed by atoms with Crippen molar-refractivity contribution in [3.63, 3.8) is 0 Å². The van der Waals surface area contributed by atoms with Gasteiger partial charge in [0.25, 0.3) is 0 Å². The molecular weight excluding hydrogens is 250 g/mol. The Morgan fingerprint density at radius 3 is 2.85 bits per heavy atom. The highest BCUT2D eigenvalue weighted by atomic mass is 15.4. The molecule has 5 heteroatoms. The van der Waals surface area contributed by atoms with Gasteiger partial charge in [-0.05, 0) is 30.4 Å². The van der Waals surface area contributed by atoms with E-state index in [1.54, 1.807) is 4.68 Å². The second-order valence-electron chi connectivity index (χ2n) is 6.08. The van der Waals surface area contributed by atoms with Crippen LogP contribution in [0.25, 0.3) is 17.0 Å². The Bertz CT molecular complexity index is 776. The first-order valence-electron chi connectivity index (χ1n) is 6.89. The second-order valence-corrected chi connectivity index (χ2v) is 6.08. The third-order valence-electron chi connectivity index (χ3n) is 4.23. The number of aromatic nitrogens is 4. The number of para-hydroxylation sites is 2. The number of fused-ring (bicyclic) bond motifs is 2. The maximum Gasteiger partial charge on any atom is 0.231 e. The lowest BCUT2D eigenvalue weighted by molar-refractivity contribution is 0.519. The first-order chi connectivity index (χ1) is 9.56. The normalized spacial score (nSPS) is 16.7. The number of H-pyrrole nitrogens is 1. The van der Waals surface area contributed by atoms with Crippen LogP contribution in [0.3, 0.4) is 0 Å². The Morgan fingerprint density at radius 2 is 2.10 bits per heavy atom. The summed E-state index contributed by atoms with van der Waals surface area (Å²) in [7, 11) is 0. The van der Waals surface area contributed by atoms with Gasteiger partial charge < -0.3 is 10.7 Å². The van der Waals surface area contributed by atoms with E-state index in [4.69, 9.17) is 5.73 Å². The van der Waals surface area contributed by atoms with Gasteiger partial charge in [0.2, 0.25) is 5.95 Å². The van der Waals surface area contributed by atoms with Crippen LogP contribution in [0.1, 0.15) is 31.5 Å². The predicted molar refractivity (Wildman–Crippen MR) is 79.0 cm³/mol. The summed E-state index contributed by atoms with van der Waals surface area (Å²) in [4.78, 5) is 7.85. The molecule has 0 bridgehead atoms. The van der Waals surface area contributed by atoms with Gasteiger partial charge in [0.15, 0.2) is 0 Å². The zero-order valence-corrected chi connectivity index (χ0v) is 11.6. The highest BCUT2D eigenvalue weighted by molar-refractivity contribution is 5.76. The molecule has 0 saturated carbocycles. The van der Waals surface area contributed by atoms with Gasteiger partial charge in [-0.3, -0.25) is 0 Å². The molecule has 2 aromatic heterocycles. The van der Waals surface area contributed by atoms with E-state index in [1.165, 1.54) is 5.56 Å². The fourth-order valence-corrected chi connectivity index (χ4v) is 3.15. The number of nitrogen functional groups attached to an aromatic ring is 1. The molecule has 102 valence electrons. The van der Waals surface area contributed by atoms with E-state index in [0.29, 0.717) is 11.8 Å². The van der Waals surface area contributed by atoms with E-state index in [2.05, 4.69) is 28.9 Å². The number of hydrogen-bond donors (Lipinski definition) is 2. The summed E-state index contributed by atoms with van der Waals surface area (Å²) in [5, 5.41) is 4.65. The van der Waals surface area contributed by atoms with E-state index in [0.717, 1.165) is 29.6 Å². The van der Waals surface area contributed by atoms with Gasteiger partial charge in [-0.2, -0.15) is 9.78 Å². The average molecular weight is 267 g/mol. The van der Waals surface area contributed by atoms with Gasteiger partial charge in [-0.15, -0.1) is 0 Å². The minimum absolute atomic E-state index is 0.101. The molecule has 4 rings (SSSR count). The van der Waals surface area contributed by atoms with Crippen molar-refractivity contribution in [3.8, 4) is 5.95 Å². The van der Waals surface area contributed by atoms with Crippen molar-refractivity contribution in [2.75, 3.05) is 5.73 Å². The van der Waals surface area contributed by atoms with Crippen LogP contribution in [0.15, 0.2) is 24.3 Å². The molecule has 20 heavy (non-hydrogen) atoms. The molecule has 0 unspecified atom stereocenters. The standard InChI is InChI=1S/C15H17N5/c1-15(2)8-7-11-12(15)13(16)20(19-11)14-17-9-5-3-4-6-10(9)18-14/h3-6H,7-8,16H2,1-2H3,(H,17,18). The van der Waals surface area contributed by atoms with E-state index in [1.807, 2.05) is 24.3 Å². The fraction of sp³-hybridized carbons (Fsp3) is 0.333. The van der Waals surface area contributed by atoms with Gasteiger partial charge in [-0.1, -0.05) is 26.0 Å². The Morgan fingerprint density at radius 1 is 1.30 bits per heavy atom. The van der Waals surface area contributed by atoms with Crippen LogP contribution >= 0.6 is 0 Å². The monoisotopic (exact) mass is 267 g/mol. The first kappa shape index (κ1) is 11.5. The topological polar surface area (TPSA) is 72.5 Å². The largest absolute Gasteiger partial charge is 0.383 e. The number of nitrogens with one attached hydrogen (secondary N) is 1. The van der Waals surface area contributed by atoms with Crippen LogP contribution in [0, 0.1) is 0 Å². The van der Waals surface area contributed by atoms with Gasteiger partial charge in [-0.25, -0.2) is 4.98 Å². The smallest absolute Gasteiger partial charge is 0.231 e. The molecule has 3 aromatic rings. The lowest BCUT2D eigenvalue weighted by atomic mass is 9.87. The quantitative estimate of drug-likeness (QED) is 0.711. The van der Waals surface area contributed by atoms with Crippen molar-refractivity contribution in [1.82, 2.24) is 19.7 Å². The number of rotatable bonds is 1. The lowest BCUT2D eigenvalue weighted by Gasteiger charge is -2.18. The zero-order chi connectivity index (χ0) is 13.9. The lowest BCUT2D eigenvalue weighted by Crippen LogP contribution is -2.15. The molecule has 1 aromatic carbocycles. The number of aromatic amines is 1. The van der Waals surface area contributed by atoms with E-state index in [9.17, 15) is 0 Å². The summed E-state index contributed by atoms with van der Waals surface area (Å²) < 4.78 is 1.74. The van der Waals surface area contributed by atoms with Crippen LogP contribution in [0.5, 0.6) is 0 Å². The van der Waals surface area contributed by atoms with E-state index in [-0.39, 0.29) is 5.41 Å². The van der Waals surface area contributed by atoms with Crippen LogP contribution in [0.2, 0.25) is 0 Å². The number of anilines is 1. The number of nitrogens with two attached hydrogens (primary N) is 1. The van der Waals surface area contributed by atoms with Gasteiger partial charge >= 0.3 is 0 Å².